The Morgan fingerprint density at radius 2 is 0.873 bits per heavy atom. The molecule has 0 amide bonds. The van der Waals surface area contributed by atoms with Crippen molar-refractivity contribution in [3.8, 4) is 39.1 Å². The second-order valence-corrected chi connectivity index (χ2v) is 18.1. The molecule has 2 nitrogen and oxygen atoms in total. The largest absolute Gasteiger partial charge is 0.310 e. The van der Waals surface area contributed by atoms with Crippen molar-refractivity contribution in [3.05, 3.63) is 240 Å². The molecule has 2 aliphatic rings. The Bertz CT molecular complexity index is 3310. The Balaban J connectivity index is 1.04. The molecule has 63 heavy (non-hydrogen) atoms. The van der Waals surface area contributed by atoms with Gasteiger partial charge in [0.05, 0.1) is 16.4 Å². The van der Waals surface area contributed by atoms with Crippen LogP contribution in [0.25, 0.3) is 60.9 Å². The van der Waals surface area contributed by atoms with Gasteiger partial charge in [-0.15, -0.1) is 0 Å². The van der Waals surface area contributed by atoms with Crippen LogP contribution in [0.5, 0.6) is 0 Å². The molecule has 10 aromatic rings. The predicted octanol–water partition coefficient (Wildman–Crippen LogP) is 16.5. The predicted molar refractivity (Wildman–Crippen MR) is 265 cm³/mol. The minimum absolute atomic E-state index is 0.388. The Hall–Kier alpha value is -7.42. The summed E-state index contributed by atoms with van der Waals surface area (Å²) < 4.78 is 2.38. The number of para-hydroxylation sites is 2. The Morgan fingerprint density at radius 3 is 1.49 bits per heavy atom. The van der Waals surface area contributed by atoms with Crippen LogP contribution in [-0.2, 0) is 5.41 Å². The van der Waals surface area contributed by atoms with Crippen LogP contribution in [-0.4, -0.2) is 4.57 Å². The minimum atomic E-state index is -0.421. The van der Waals surface area contributed by atoms with E-state index in [-0.39, 0.29) is 0 Å². The topological polar surface area (TPSA) is 8.17 Å². The van der Waals surface area contributed by atoms with Crippen LogP contribution in [0.4, 0.5) is 17.1 Å². The normalized spacial score (nSPS) is 13.2. The van der Waals surface area contributed by atoms with E-state index in [4.69, 9.17) is 0 Å². The van der Waals surface area contributed by atoms with E-state index in [1.54, 1.807) is 0 Å². The maximum atomic E-state index is 2.51. The lowest BCUT2D eigenvalue weighted by Crippen LogP contribution is -2.26. The van der Waals surface area contributed by atoms with Crippen molar-refractivity contribution in [2.75, 3.05) is 4.90 Å². The molecule has 2 aliphatic carbocycles. The summed E-state index contributed by atoms with van der Waals surface area (Å²) in [5.41, 5.74) is 22.4. The smallest absolute Gasteiger partial charge is 0.0726 e. The number of hydrogen-bond donors (Lipinski definition) is 0. The maximum Gasteiger partial charge on any atom is 0.0726 e. The summed E-state index contributed by atoms with van der Waals surface area (Å²) in [6, 6.07) is 77.4. The Labute approximate surface area is 370 Å². The van der Waals surface area contributed by atoms with E-state index in [1.165, 1.54) is 99.9 Å². The molecule has 0 aliphatic heterocycles. The van der Waals surface area contributed by atoms with E-state index >= 15 is 0 Å². The lowest BCUT2D eigenvalue weighted by atomic mass is 9.70. The first-order valence-corrected chi connectivity index (χ1v) is 22.5. The summed E-state index contributed by atoms with van der Waals surface area (Å²) in [7, 11) is 0. The molecule has 1 spiro atoms. The van der Waals surface area contributed by atoms with Crippen LogP contribution in [0.3, 0.4) is 0 Å². The van der Waals surface area contributed by atoms with Crippen molar-refractivity contribution in [1.82, 2.24) is 4.57 Å². The van der Waals surface area contributed by atoms with Crippen molar-refractivity contribution >= 4 is 38.9 Å². The lowest BCUT2D eigenvalue weighted by Gasteiger charge is -2.32. The molecule has 1 heterocycles. The number of aromatic nitrogens is 1. The number of nitrogens with zero attached hydrogens (tertiary/aromatic N) is 2. The van der Waals surface area contributed by atoms with Crippen LogP contribution in [0.1, 0.15) is 72.9 Å². The average Bonchev–Trinajstić information content (AvgIpc) is 3.93. The zero-order valence-electron chi connectivity index (χ0n) is 36.2. The molecule has 0 unspecified atom stereocenters. The quantitative estimate of drug-likeness (QED) is 0.156. The van der Waals surface area contributed by atoms with Gasteiger partial charge < -0.3 is 9.47 Å². The fourth-order valence-electron chi connectivity index (χ4n) is 10.9. The second-order valence-electron chi connectivity index (χ2n) is 18.1. The first-order valence-electron chi connectivity index (χ1n) is 22.5. The monoisotopic (exact) mass is 808 g/mol. The summed E-state index contributed by atoms with van der Waals surface area (Å²) in [4.78, 5) is 2.50. The molecule has 0 bridgehead atoms. The second kappa shape index (κ2) is 14.3. The highest BCUT2D eigenvalue weighted by Crippen LogP contribution is 2.63. The van der Waals surface area contributed by atoms with Crippen LogP contribution < -0.4 is 4.90 Å². The van der Waals surface area contributed by atoms with Gasteiger partial charge in [0.25, 0.3) is 0 Å². The molecular formula is C61H48N2. The highest BCUT2D eigenvalue weighted by molar-refractivity contribution is 6.10. The standard InChI is InChI=1S/C61H48N2/c1-39(2)43-34-44(40(3)4)36-48(35-43)62(46-29-26-41(27-30-46)42-28-33-60-54(37-42)53-21-11-15-25-59(53)63(60)45-16-6-5-7-17-45)47-31-32-52-51-20-10-14-24-57(51)61(58(52)38-47)55-22-12-8-18-49(55)50-19-9-13-23-56(50)61/h5-40H,1-4H3. The Kier molecular flexibility index (Phi) is 8.49. The van der Waals surface area contributed by atoms with E-state index in [0.717, 1.165) is 11.4 Å². The first-order chi connectivity index (χ1) is 30.9. The van der Waals surface area contributed by atoms with Crippen LogP contribution >= 0.6 is 0 Å². The summed E-state index contributed by atoms with van der Waals surface area (Å²) in [6.45, 7) is 9.23. The molecule has 2 heteroatoms. The van der Waals surface area contributed by atoms with E-state index < -0.39 is 5.41 Å². The van der Waals surface area contributed by atoms with Gasteiger partial charge in [-0.2, -0.15) is 0 Å². The summed E-state index contributed by atoms with van der Waals surface area (Å²) in [5.74, 6) is 0.775. The molecule has 0 radical (unpaired) electrons. The van der Waals surface area contributed by atoms with Gasteiger partial charge >= 0.3 is 0 Å². The fraction of sp³-hybridized carbons (Fsp3) is 0.115. The third kappa shape index (κ3) is 5.57. The van der Waals surface area contributed by atoms with E-state index in [1.807, 2.05) is 0 Å². The highest BCUT2D eigenvalue weighted by atomic mass is 15.1. The number of fused-ring (bicyclic) bond motifs is 13. The van der Waals surface area contributed by atoms with Gasteiger partial charge in [-0.1, -0.05) is 167 Å². The van der Waals surface area contributed by atoms with Gasteiger partial charge in [-0.25, -0.2) is 0 Å². The van der Waals surface area contributed by atoms with Gasteiger partial charge in [0.1, 0.15) is 0 Å². The molecule has 302 valence electrons. The van der Waals surface area contributed by atoms with Crippen LogP contribution in [0.15, 0.2) is 206 Å². The molecule has 0 atom stereocenters. The summed E-state index contributed by atoms with van der Waals surface area (Å²) in [5, 5.41) is 2.52. The Morgan fingerprint density at radius 1 is 0.365 bits per heavy atom. The van der Waals surface area contributed by atoms with E-state index in [0.29, 0.717) is 11.8 Å². The molecule has 0 saturated carbocycles. The third-order valence-electron chi connectivity index (χ3n) is 13.9. The number of benzene rings is 9. The van der Waals surface area contributed by atoms with Gasteiger partial charge in [-0.05, 0) is 145 Å². The van der Waals surface area contributed by atoms with E-state index in [9.17, 15) is 0 Å². The van der Waals surface area contributed by atoms with Gasteiger partial charge in [0, 0.05) is 33.5 Å². The zero-order valence-corrected chi connectivity index (χ0v) is 36.2. The molecule has 1 aromatic heterocycles. The molecule has 0 N–H and O–H groups in total. The number of rotatable bonds is 7. The summed E-state index contributed by atoms with van der Waals surface area (Å²) in [6.07, 6.45) is 0. The van der Waals surface area contributed by atoms with E-state index in [2.05, 4.69) is 243 Å². The molecular weight excluding hydrogens is 761 g/mol. The zero-order chi connectivity index (χ0) is 42.4. The molecule has 9 aromatic carbocycles. The minimum Gasteiger partial charge on any atom is -0.310 e. The first kappa shape index (κ1) is 37.4. The van der Waals surface area contributed by atoms with Crippen molar-refractivity contribution in [1.29, 1.82) is 0 Å². The fourth-order valence-corrected chi connectivity index (χ4v) is 10.9. The molecule has 12 rings (SSSR count). The van der Waals surface area contributed by atoms with Crippen LogP contribution in [0.2, 0.25) is 0 Å². The van der Waals surface area contributed by atoms with Crippen molar-refractivity contribution in [3.63, 3.8) is 0 Å². The number of hydrogen-bond acceptors (Lipinski definition) is 1. The average molecular weight is 809 g/mol. The molecule has 0 fully saturated rings. The van der Waals surface area contributed by atoms with Crippen molar-refractivity contribution < 1.29 is 0 Å². The molecule has 0 saturated heterocycles. The summed E-state index contributed by atoms with van der Waals surface area (Å²) >= 11 is 0. The lowest BCUT2D eigenvalue weighted by molar-refractivity contribution is 0.793. The van der Waals surface area contributed by atoms with Crippen molar-refractivity contribution in [2.24, 2.45) is 0 Å². The third-order valence-corrected chi connectivity index (χ3v) is 13.9. The van der Waals surface area contributed by atoms with Gasteiger partial charge in [-0.3, -0.25) is 0 Å². The van der Waals surface area contributed by atoms with Gasteiger partial charge in [0.15, 0.2) is 0 Å². The highest BCUT2D eigenvalue weighted by Gasteiger charge is 2.51. The SMILES string of the molecule is CC(C)c1cc(C(C)C)cc(N(c2ccc(-c3ccc4c(c3)c3ccccc3n4-c3ccccc3)cc2)c2ccc3c(c2)C2(c4ccccc4-c4ccccc42)c2ccccc2-3)c1. The maximum absolute atomic E-state index is 2.51. The number of anilines is 3. The van der Waals surface area contributed by atoms with Gasteiger partial charge in [0.2, 0.25) is 0 Å². The van der Waals surface area contributed by atoms with Crippen molar-refractivity contribution in [2.45, 2.75) is 44.9 Å². The van der Waals surface area contributed by atoms with Crippen LogP contribution in [0, 0.1) is 0 Å².